The van der Waals surface area contributed by atoms with Crippen LogP contribution in [0.15, 0.2) is 18.2 Å². The van der Waals surface area contributed by atoms with Crippen LogP contribution in [0, 0.1) is 0 Å². The number of amides is 1. The summed E-state index contributed by atoms with van der Waals surface area (Å²) in [7, 11) is 0. The van der Waals surface area contributed by atoms with Gasteiger partial charge in [0.1, 0.15) is 0 Å². The van der Waals surface area contributed by atoms with Crippen LogP contribution in [-0.4, -0.2) is 18.6 Å². The number of anilines is 1. The van der Waals surface area contributed by atoms with E-state index in [9.17, 15) is 4.79 Å². The van der Waals surface area contributed by atoms with Crippen molar-refractivity contribution in [3.63, 3.8) is 0 Å². The zero-order chi connectivity index (χ0) is 12.4. The fourth-order valence-corrected chi connectivity index (χ4v) is 2.65. The van der Waals surface area contributed by atoms with Crippen LogP contribution < -0.4 is 10.8 Å². The fraction of sp³-hybridized carbons (Fsp3) is 0.500. The van der Waals surface area contributed by atoms with Gasteiger partial charge in [-0.1, -0.05) is 12.8 Å². The van der Waals surface area contributed by atoms with E-state index in [2.05, 4.69) is 10.8 Å². The third-order valence-corrected chi connectivity index (χ3v) is 3.70. The zero-order valence-corrected chi connectivity index (χ0v) is 10.4. The standard InChI is InChI=1S/C14H18N2O2/c17-14(16-18-12-3-1-2-4-12)11-5-6-13-10(9-11)7-8-15-13/h5-6,9,12,15H,1-4,7-8H2,(H,16,17). The molecule has 1 aromatic rings. The van der Waals surface area contributed by atoms with Gasteiger partial charge in [-0.25, -0.2) is 5.48 Å². The molecule has 0 bridgehead atoms. The molecule has 1 aliphatic heterocycles. The van der Waals surface area contributed by atoms with Crippen molar-refractivity contribution >= 4 is 11.6 Å². The predicted molar refractivity (Wildman–Crippen MR) is 69.4 cm³/mol. The summed E-state index contributed by atoms with van der Waals surface area (Å²) in [5.41, 5.74) is 5.60. The molecule has 1 saturated carbocycles. The molecule has 0 atom stereocenters. The van der Waals surface area contributed by atoms with Gasteiger partial charge in [0.05, 0.1) is 6.10 Å². The second kappa shape index (κ2) is 4.98. The third-order valence-electron chi connectivity index (χ3n) is 3.70. The molecule has 0 saturated heterocycles. The number of rotatable bonds is 3. The minimum Gasteiger partial charge on any atom is -0.384 e. The van der Waals surface area contributed by atoms with Gasteiger partial charge in [-0.3, -0.25) is 9.63 Å². The number of hydrogen-bond acceptors (Lipinski definition) is 3. The molecular formula is C14H18N2O2. The van der Waals surface area contributed by atoms with Crippen molar-refractivity contribution in [2.24, 2.45) is 0 Å². The van der Waals surface area contributed by atoms with E-state index in [0.717, 1.165) is 31.5 Å². The highest BCUT2D eigenvalue weighted by molar-refractivity contribution is 5.94. The molecule has 1 aromatic carbocycles. The van der Waals surface area contributed by atoms with Crippen molar-refractivity contribution in [2.75, 3.05) is 11.9 Å². The van der Waals surface area contributed by atoms with Crippen LogP contribution in [0.5, 0.6) is 0 Å². The van der Waals surface area contributed by atoms with Gasteiger partial charge >= 0.3 is 0 Å². The molecule has 0 radical (unpaired) electrons. The molecule has 0 aromatic heterocycles. The molecule has 4 heteroatoms. The van der Waals surface area contributed by atoms with Crippen molar-refractivity contribution in [3.8, 4) is 0 Å². The maximum Gasteiger partial charge on any atom is 0.274 e. The Morgan fingerprint density at radius 3 is 3.00 bits per heavy atom. The van der Waals surface area contributed by atoms with Crippen molar-refractivity contribution in [1.29, 1.82) is 0 Å². The number of benzene rings is 1. The summed E-state index contributed by atoms with van der Waals surface area (Å²) in [5.74, 6) is -0.142. The van der Waals surface area contributed by atoms with Gasteiger partial charge in [0.15, 0.2) is 0 Å². The lowest BCUT2D eigenvalue weighted by molar-refractivity contribution is -0.0124. The number of hydroxylamine groups is 1. The maximum atomic E-state index is 11.9. The van der Waals surface area contributed by atoms with Gasteiger partial charge in [0.2, 0.25) is 0 Å². The lowest BCUT2D eigenvalue weighted by Gasteiger charge is -2.11. The highest BCUT2D eigenvalue weighted by atomic mass is 16.7. The van der Waals surface area contributed by atoms with E-state index in [-0.39, 0.29) is 12.0 Å². The summed E-state index contributed by atoms with van der Waals surface area (Å²) < 4.78 is 0. The van der Waals surface area contributed by atoms with E-state index in [0.29, 0.717) is 5.56 Å². The van der Waals surface area contributed by atoms with E-state index in [4.69, 9.17) is 4.84 Å². The molecule has 1 heterocycles. The van der Waals surface area contributed by atoms with Crippen molar-refractivity contribution in [1.82, 2.24) is 5.48 Å². The second-order valence-corrected chi connectivity index (χ2v) is 5.00. The van der Waals surface area contributed by atoms with Gasteiger partial charge in [-0.15, -0.1) is 0 Å². The van der Waals surface area contributed by atoms with Crippen LogP contribution in [0.2, 0.25) is 0 Å². The SMILES string of the molecule is O=C(NOC1CCCC1)c1ccc2c(c1)CCN2. The predicted octanol–water partition coefficient (Wildman–Crippen LogP) is 2.26. The van der Waals surface area contributed by atoms with Crippen LogP contribution in [-0.2, 0) is 11.3 Å². The zero-order valence-electron chi connectivity index (χ0n) is 10.4. The average molecular weight is 246 g/mol. The first-order valence-corrected chi connectivity index (χ1v) is 6.66. The molecule has 0 unspecified atom stereocenters. The topological polar surface area (TPSA) is 50.4 Å². The Bertz CT molecular complexity index is 453. The molecule has 18 heavy (non-hydrogen) atoms. The van der Waals surface area contributed by atoms with E-state index in [1.807, 2.05) is 18.2 Å². The number of carbonyl (C=O) groups is 1. The molecule has 4 nitrogen and oxygen atoms in total. The lowest BCUT2D eigenvalue weighted by atomic mass is 10.1. The van der Waals surface area contributed by atoms with Gasteiger partial charge < -0.3 is 5.32 Å². The smallest absolute Gasteiger partial charge is 0.274 e. The van der Waals surface area contributed by atoms with E-state index < -0.39 is 0 Å². The van der Waals surface area contributed by atoms with E-state index in [1.165, 1.54) is 18.4 Å². The third kappa shape index (κ3) is 2.34. The van der Waals surface area contributed by atoms with Gasteiger partial charge in [0.25, 0.3) is 5.91 Å². The Balaban J connectivity index is 1.61. The quantitative estimate of drug-likeness (QED) is 0.804. The lowest BCUT2D eigenvalue weighted by Crippen LogP contribution is -2.28. The molecule has 3 rings (SSSR count). The fourth-order valence-electron chi connectivity index (χ4n) is 2.65. The summed E-state index contributed by atoms with van der Waals surface area (Å²) in [5, 5.41) is 3.28. The second-order valence-electron chi connectivity index (χ2n) is 5.00. The summed E-state index contributed by atoms with van der Waals surface area (Å²) >= 11 is 0. The normalized spacial score (nSPS) is 18.4. The first-order chi connectivity index (χ1) is 8.83. The van der Waals surface area contributed by atoms with Crippen LogP contribution in [0.4, 0.5) is 5.69 Å². The van der Waals surface area contributed by atoms with Crippen LogP contribution in [0.3, 0.4) is 0 Å². The highest BCUT2D eigenvalue weighted by Gasteiger charge is 2.18. The molecule has 2 aliphatic rings. The minimum absolute atomic E-state index is 0.142. The largest absolute Gasteiger partial charge is 0.384 e. The number of hydrogen-bond donors (Lipinski definition) is 2. The molecule has 1 fully saturated rings. The van der Waals surface area contributed by atoms with Gasteiger partial charge in [0, 0.05) is 17.8 Å². The Labute approximate surface area is 107 Å². The Morgan fingerprint density at radius 2 is 2.17 bits per heavy atom. The molecular weight excluding hydrogens is 228 g/mol. The summed E-state index contributed by atoms with van der Waals surface area (Å²) in [6, 6.07) is 5.75. The number of nitrogens with one attached hydrogen (secondary N) is 2. The van der Waals surface area contributed by atoms with Crippen LogP contribution in [0.25, 0.3) is 0 Å². The van der Waals surface area contributed by atoms with Crippen LogP contribution in [0.1, 0.15) is 41.6 Å². The molecule has 1 amide bonds. The number of fused-ring (bicyclic) bond motifs is 1. The summed E-state index contributed by atoms with van der Waals surface area (Å²) in [6.07, 6.45) is 5.68. The first kappa shape index (κ1) is 11.5. The van der Waals surface area contributed by atoms with Gasteiger partial charge in [-0.2, -0.15) is 0 Å². The Kier molecular flexibility index (Phi) is 3.19. The molecule has 2 N–H and O–H groups in total. The van der Waals surface area contributed by atoms with Gasteiger partial charge in [-0.05, 0) is 43.0 Å². The summed E-state index contributed by atoms with van der Waals surface area (Å²) in [4.78, 5) is 17.4. The first-order valence-electron chi connectivity index (χ1n) is 6.66. The highest BCUT2D eigenvalue weighted by Crippen LogP contribution is 2.23. The molecule has 0 spiro atoms. The van der Waals surface area contributed by atoms with Crippen molar-refractivity contribution in [2.45, 2.75) is 38.2 Å². The molecule has 1 aliphatic carbocycles. The monoisotopic (exact) mass is 246 g/mol. The van der Waals surface area contributed by atoms with E-state index in [1.54, 1.807) is 0 Å². The van der Waals surface area contributed by atoms with E-state index >= 15 is 0 Å². The minimum atomic E-state index is -0.142. The maximum absolute atomic E-state index is 11.9. The molecule has 96 valence electrons. The Hall–Kier alpha value is -1.55. The van der Waals surface area contributed by atoms with Crippen molar-refractivity contribution in [3.05, 3.63) is 29.3 Å². The summed E-state index contributed by atoms with van der Waals surface area (Å²) in [6.45, 7) is 0.957. The van der Waals surface area contributed by atoms with Crippen LogP contribution >= 0.6 is 0 Å². The number of carbonyl (C=O) groups excluding carboxylic acids is 1. The van der Waals surface area contributed by atoms with Crippen molar-refractivity contribution < 1.29 is 9.63 Å². The Morgan fingerprint density at radius 1 is 1.33 bits per heavy atom. The average Bonchev–Trinajstić information content (AvgIpc) is 3.05.